The van der Waals surface area contributed by atoms with Gasteiger partial charge in [0.05, 0.1) is 0 Å². The van der Waals surface area contributed by atoms with E-state index in [1.165, 1.54) is 16.7 Å². The molecular formula is C26H38W3. The van der Waals surface area contributed by atoms with Gasteiger partial charge in [-0.2, -0.15) is 108 Å². The Hall–Kier alpha value is -0.275. The molecule has 0 heterocycles. The number of rotatable bonds is 0. The summed E-state index contributed by atoms with van der Waals surface area (Å²) in [4.78, 5) is 0. The van der Waals surface area contributed by atoms with Gasteiger partial charge in [-0.25, -0.2) is 0 Å². The van der Waals surface area contributed by atoms with Gasteiger partial charge >= 0.3 is 63.2 Å². The van der Waals surface area contributed by atoms with Crippen molar-refractivity contribution in [1.29, 1.82) is 0 Å². The molecule has 0 radical (unpaired) electrons. The molecule has 3 aromatic rings. The predicted molar refractivity (Wildman–Crippen MR) is 123 cm³/mol. The Morgan fingerprint density at radius 1 is 0.552 bits per heavy atom. The molecule has 0 saturated carbocycles. The second-order valence-electron chi connectivity index (χ2n) is 4.70. The Morgan fingerprint density at radius 2 is 1.10 bits per heavy atom. The molecule has 0 atom stereocenters. The molecule has 3 heteroatoms. The van der Waals surface area contributed by atoms with E-state index in [1.54, 1.807) is 0 Å². The van der Waals surface area contributed by atoms with Gasteiger partial charge in [0.1, 0.15) is 0 Å². The van der Waals surface area contributed by atoms with E-state index in [0.29, 0.717) is 0 Å². The molecule has 29 heavy (non-hydrogen) atoms. The fourth-order valence-corrected chi connectivity index (χ4v) is 1.44. The van der Waals surface area contributed by atoms with E-state index in [0.717, 1.165) is 0 Å². The van der Waals surface area contributed by atoms with E-state index in [2.05, 4.69) is 38.1 Å². The molecule has 3 rings (SSSR count). The van der Waals surface area contributed by atoms with Gasteiger partial charge in [0.25, 0.3) is 0 Å². The smallest absolute Gasteiger partial charge is 0.358 e. The number of benzene rings is 3. The molecule has 0 nitrogen and oxygen atoms in total. The van der Waals surface area contributed by atoms with Crippen LogP contribution in [0.1, 0.15) is 31.5 Å². The van der Waals surface area contributed by atoms with Crippen LogP contribution in [0.25, 0.3) is 0 Å². The van der Waals surface area contributed by atoms with Crippen LogP contribution >= 0.6 is 0 Å². The van der Waals surface area contributed by atoms with Gasteiger partial charge in [0, 0.05) is 0 Å². The molecule has 0 N–H and O–H groups in total. The minimum absolute atomic E-state index is 0. The summed E-state index contributed by atoms with van der Waals surface area (Å²) in [7, 11) is 0. The molecule has 0 spiro atoms. The third-order valence-electron chi connectivity index (χ3n) is 2.61. The Labute approximate surface area is 227 Å². The first kappa shape index (κ1) is 51.4. The van der Waals surface area contributed by atoms with Crippen molar-refractivity contribution in [3.8, 4) is 0 Å². The average molecular weight is 902 g/mol. The molecule has 0 fully saturated rings. The molecule has 0 unspecified atom stereocenters. The van der Waals surface area contributed by atoms with Crippen LogP contribution in [0.4, 0.5) is 0 Å². The SMILES string of the molecule is C.C.Cc1[c-]cccc1.Cc1c[c-]ccc1.Cc1cc[c-]cc1.[CH3-].[CH3-].[CH3-].[W+2].[W+2].[W+2]. The molecule has 0 amide bonds. The standard InChI is InChI=1S/3C7H7.2CH4.3CH3.3W/c3*1-7-5-3-2-4-6-7;;;;;;;;/h3-6H,1H3;2-3,5-6H,1H3;2-5H,1H3;2*1H4;3*1H3;;;/q3*-1;;;3*-1;3*+2. The molecule has 0 aliphatic rings. The first-order valence-corrected chi connectivity index (χ1v) is 6.97. The van der Waals surface area contributed by atoms with E-state index in [1.807, 2.05) is 73.7 Å². The molecule has 0 aliphatic carbocycles. The van der Waals surface area contributed by atoms with E-state index >= 15 is 0 Å². The van der Waals surface area contributed by atoms with Crippen molar-refractivity contribution in [3.63, 3.8) is 0 Å². The van der Waals surface area contributed by atoms with Crippen LogP contribution in [-0.2, 0) is 63.2 Å². The zero-order chi connectivity index (χ0) is 15.3. The minimum Gasteiger partial charge on any atom is -0.358 e. The van der Waals surface area contributed by atoms with E-state index in [-0.39, 0.29) is 100 Å². The largest absolute Gasteiger partial charge is 2.00 e. The van der Waals surface area contributed by atoms with Gasteiger partial charge in [-0.05, 0) is 0 Å². The quantitative estimate of drug-likeness (QED) is 0.201. The Morgan fingerprint density at radius 3 is 1.31 bits per heavy atom. The van der Waals surface area contributed by atoms with Crippen molar-refractivity contribution in [1.82, 2.24) is 0 Å². The van der Waals surface area contributed by atoms with Crippen LogP contribution in [0.15, 0.2) is 72.8 Å². The van der Waals surface area contributed by atoms with E-state index in [4.69, 9.17) is 0 Å². The normalized spacial score (nSPS) is 6.31. The van der Waals surface area contributed by atoms with Gasteiger partial charge in [0.2, 0.25) is 0 Å². The topological polar surface area (TPSA) is 0 Å². The van der Waals surface area contributed by atoms with Crippen LogP contribution in [-0.4, -0.2) is 0 Å². The van der Waals surface area contributed by atoms with Crippen molar-refractivity contribution in [2.24, 2.45) is 0 Å². The maximum absolute atomic E-state index is 3.03. The van der Waals surface area contributed by atoms with Crippen molar-refractivity contribution in [2.75, 3.05) is 0 Å². The van der Waals surface area contributed by atoms with Crippen LogP contribution in [0.5, 0.6) is 0 Å². The van der Waals surface area contributed by atoms with Gasteiger partial charge in [-0.3, -0.25) is 0 Å². The average Bonchev–Trinajstić information content (AvgIpc) is 2.51. The summed E-state index contributed by atoms with van der Waals surface area (Å²) in [6.45, 7) is 6.14. The summed E-state index contributed by atoms with van der Waals surface area (Å²) in [5, 5.41) is 0. The van der Waals surface area contributed by atoms with E-state index < -0.39 is 0 Å². The second-order valence-corrected chi connectivity index (χ2v) is 4.70. The van der Waals surface area contributed by atoms with E-state index in [9.17, 15) is 0 Å². The summed E-state index contributed by atoms with van der Waals surface area (Å²) in [5.41, 5.74) is 3.75. The fourth-order valence-electron chi connectivity index (χ4n) is 1.44. The summed E-state index contributed by atoms with van der Waals surface area (Å²) in [5.74, 6) is 0. The minimum atomic E-state index is 0. The van der Waals surface area contributed by atoms with Gasteiger partial charge in [-0.1, -0.05) is 35.6 Å². The molecule has 3 aromatic carbocycles. The predicted octanol–water partition coefficient (Wildman–Crippen LogP) is 8.00. The fraction of sp³-hybridized carbons (Fsp3) is 0.192. The molecular weight excluding hydrogens is 864 g/mol. The molecule has 160 valence electrons. The third-order valence-corrected chi connectivity index (χ3v) is 2.61. The zero-order valence-electron chi connectivity index (χ0n) is 17.2. The van der Waals surface area contributed by atoms with Crippen LogP contribution < -0.4 is 0 Å². The van der Waals surface area contributed by atoms with Crippen LogP contribution in [0.2, 0.25) is 0 Å². The Bertz CT molecular complexity index is 493. The summed E-state index contributed by atoms with van der Waals surface area (Å²) >= 11 is 0. The first-order chi connectivity index (χ1) is 10.2. The van der Waals surface area contributed by atoms with Crippen molar-refractivity contribution in [2.45, 2.75) is 35.6 Å². The maximum atomic E-state index is 3.03. The van der Waals surface area contributed by atoms with Crippen molar-refractivity contribution < 1.29 is 63.2 Å². The molecule has 0 saturated heterocycles. The maximum Gasteiger partial charge on any atom is 2.00 e. The third kappa shape index (κ3) is 32.6. The Balaban J connectivity index is -0.0000000334. The van der Waals surface area contributed by atoms with Gasteiger partial charge in [0.15, 0.2) is 0 Å². The number of aryl methyl sites for hydroxylation is 3. The van der Waals surface area contributed by atoms with Gasteiger partial charge in [-0.15, -0.1) is 0 Å². The number of hydrogen-bond donors (Lipinski definition) is 0. The van der Waals surface area contributed by atoms with Gasteiger partial charge < -0.3 is 22.3 Å². The van der Waals surface area contributed by atoms with Crippen LogP contribution in [0.3, 0.4) is 0 Å². The molecule has 0 aromatic heterocycles. The van der Waals surface area contributed by atoms with Crippen molar-refractivity contribution >= 4 is 0 Å². The van der Waals surface area contributed by atoms with Crippen LogP contribution in [0, 0.1) is 61.3 Å². The monoisotopic (exact) mass is 902 g/mol. The summed E-state index contributed by atoms with van der Waals surface area (Å²) in [6.07, 6.45) is 0. The molecule has 0 bridgehead atoms. The Kier molecular flexibility index (Phi) is 62.4. The number of hydrogen-bond acceptors (Lipinski definition) is 0. The summed E-state index contributed by atoms with van der Waals surface area (Å²) in [6, 6.07) is 32.6. The molecule has 0 aliphatic heterocycles. The second kappa shape index (κ2) is 35.2. The summed E-state index contributed by atoms with van der Waals surface area (Å²) < 4.78 is 0. The zero-order valence-corrected chi connectivity index (χ0v) is 26.0. The van der Waals surface area contributed by atoms with Crippen molar-refractivity contribution in [3.05, 3.63) is 130 Å². The first-order valence-electron chi connectivity index (χ1n) is 6.97.